The Morgan fingerprint density at radius 1 is 1.43 bits per heavy atom. The molecular weight excluding hydrogens is 182 g/mol. The molecule has 1 amide bonds. The van der Waals surface area contributed by atoms with Gasteiger partial charge >= 0.3 is 5.97 Å². The van der Waals surface area contributed by atoms with Crippen LogP contribution in [0.3, 0.4) is 0 Å². The third kappa shape index (κ3) is 3.36. The minimum atomic E-state index is -0.931. The first kappa shape index (κ1) is 11.0. The third-order valence-corrected chi connectivity index (χ3v) is 2.31. The van der Waals surface area contributed by atoms with Crippen molar-refractivity contribution in [2.24, 2.45) is 11.8 Å². The maximum Gasteiger partial charge on any atom is 0.323 e. The molecule has 1 N–H and O–H groups in total. The van der Waals surface area contributed by atoms with Crippen LogP contribution in [0.1, 0.15) is 26.7 Å². The van der Waals surface area contributed by atoms with E-state index in [4.69, 9.17) is 5.11 Å². The SMILES string of the molecule is CC(C)C(=O)N(CC(=O)O)CC1CC1. The van der Waals surface area contributed by atoms with Crippen LogP contribution in [0.5, 0.6) is 0 Å². The van der Waals surface area contributed by atoms with Gasteiger partial charge in [-0.3, -0.25) is 9.59 Å². The summed E-state index contributed by atoms with van der Waals surface area (Å²) in [5.74, 6) is -0.566. The molecule has 0 heterocycles. The normalized spacial score (nSPS) is 15.6. The first-order valence-corrected chi connectivity index (χ1v) is 5.01. The summed E-state index contributed by atoms with van der Waals surface area (Å²) >= 11 is 0. The lowest BCUT2D eigenvalue weighted by molar-refractivity contribution is -0.146. The van der Waals surface area contributed by atoms with Gasteiger partial charge in [-0.25, -0.2) is 0 Å². The van der Waals surface area contributed by atoms with Gasteiger partial charge in [0.1, 0.15) is 6.54 Å². The first-order valence-electron chi connectivity index (χ1n) is 5.01. The molecule has 1 saturated carbocycles. The molecule has 0 radical (unpaired) electrons. The number of carboxylic acids is 1. The van der Waals surface area contributed by atoms with Gasteiger partial charge in [0.25, 0.3) is 0 Å². The number of aliphatic carboxylic acids is 1. The fraction of sp³-hybridized carbons (Fsp3) is 0.800. The van der Waals surface area contributed by atoms with E-state index in [0.717, 1.165) is 12.8 Å². The van der Waals surface area contributed by atoms with Gasteiger partial charge in [0.05, 0.1) is 0 Å². The minimum absolute atomic E-state index is 0.0562. The van der Waals surface area contributed by atoms with E-state index in [9.17, 15) is 9.59 Å². The van der Waals surface area contributed by atoms with Crippen molar-refractivity contribution in [3.63, 3.8) is 0 Å². The van der Waals surface area contributed by atoms with Crippen LogP contribution in [0.2, 0.25) is 0 Å². The molecule has 4 heteroatoms. The Kier molecular flexibility index (Phi) is 3.49. The summed E-state index contributed by atoms with van der Waals surface area (Å²) in [7, 11) is 0. The Morgan fingerprint density at radius 2 is 2.00 bits per heavy atom. The smallest absolute Gasteiger partial charge is 0.323 e. The standard InChI is InChI=1S/C10H17NO3/c1-7(2)10(14)11(6-9(12)13)5-8-3-4-8/h7-8H,3-6H2,1-2H3,(H,12,13). The summed E-state index contributed by atoms with van der Waals surface area (Å²) < 4.78 is 0. The van der Waals surface area contributed by atoms with Crippen LogP contribution in [-0.2, 0) is 9.59 Å². The zero-order valence-corrected chi connectivity index (χ0v) is 8.69. The number of carbonyl (C=O) groups excluding carboxylic acids is 1. The van der Waals surface area contributed by atoms with Crippen LogP contribution >= 0.6 is 0 Å². The molecule has 1 aliphatic rings. The van der Waals surface area contributed by atoms with Gasteiger partial charge in [-0.2, -0.15) is 0 Å². The molecule has 0 aromatic heterocycles. The maximum absolute atomic E-state index is 11.6. The van der Waals surface area contributed by atoms with E-state index >= 15 is 0 Å². The molecule has 0 bridgehead atoms. The minimum Gasteiger partial charge on any atom is -0.480 e. The zero-order valence-electron chi connectivity index (χ0n) is 8.69. The maximum atomic E-state index is 11.6. The molecule has 0 aromatic rings. The second kappa shape index (κ2) is 4.44. The summed E-state index contributed by atoms with van der Waals surface area (Å²) in [6.07, 6.45) is 2.25. The molecule has 0 spiro atoms. The van der Waals surface area contributed by atoms with Crippen molar-refractivity contribution in [1.29, 1.82) is 0 Å². The molecule has 80 valence electrons. The number of carboxylic acid groups (broad SMARTS) is 1. The summed E-state index contributed by atoms with van der Waals surface area (Å²) in [5, 5.41) is 8.65. The highest BCUT2D eigenvalue weighted by atomic mass is 16.4. The van der Waals surface area contributed by atoms with Crippen LogP contribution < -0.4 is 0 Å². The Labute approximate surface area is 83.9 Å². The summed E-state index contributed by atoms with van der Waals surface area (Å²) in [5.41, 5.74) is 0. The Hall–Kier alpha value is -1.06. The Bertz CT molecular complexity index is 234. The number of hydrogen-bond donors (Lipinski definition) is 1. The summed E-state index contributed by atoms with van der Waals surface area (Å²) in [4.78, 5) is 23.6. The largest absolute Gasteiger partial charge is 0.480 e. The van der Waals surface area contributed by atoms with Gasteiger partial charge in [0.15, 0.2) is 0 Å². The molecule has 0 saturated heterocycles. The number of hydrogen-bond acceptors (Lipinski definition) is 2. The topological polar surface area (TPSA) is 57.6 Å². The molecular formula is C10H17NO3. The molecule has 0 atom stereocenters. The molecule has 1 rings (SSSR count). The van der Waals surface area contributed by atoms with Crippen LogP contribution in [-0.4, -0.2) is 35.0 Å². The second-order valence-electron chi connectivity index (χ2n) is 4.21. The lowest BCUT2D eigenvalue weighted by Crippen LogP contribution is -2.39. The fourth-order valence-corrected chi connectivity index (χ4v) is 1.37. The van der Waals surface area contributed by atoms with Crippen molar-refractivity contribution in [3.05, 3.63) is 0 Å². The highest BCUT2D eigenvalue weighted by molar-refractivity contribution is 5.82. The van der Waals surface area contributed by atoms with E-state index < -0.39 is 5.97 Å². The lowest BCUT2D eigenvalue weighted by Gasteiger charge is -2.22. The highest BCUT2D eigenvalue weighted by Gasteiger charge is 2.28. The second-order valence-corrected chi connectivity index (χ2v) is 4.21. The van der Waals surface area contributed by atoms with Crippen molar-refractivity contribution in [2.45, 2.75) is 26.7 Å². The molecule has 1 aliphatic carbocycles. The van der Waals surface area contributed by atoms with E-state index in [1.165, 1.54) is 4.90 Å². The number of nitrogens with zero attached hydrogens (tertiary/aromatic N) is 1. The fourth-order valence-electron chi connectivity index (χ4n) is 1.37. The predicted molar refractivity (Wildman–Crippen MR) is 51.8 cm³/mol. The summed E-state index contributed by atoms with van der Waals surface area (Å²) in [6.45, 7) is 4.05. The van der Waals surface area contributed by atoms with Gasteiger partial charge in [-0.1, -0.05) is 13.8 Å². The predicted octanol–water partition coefficient (Wildman–Crippen LogP) is 0.966. The average Bonchev–Trinajstić information content (AvgIpc) is 2.84. The van der Waals surface area contributed by atoms with Crippen LogP contribution in [0, 0.1) is 11.8 Å². The first-order chi connectivity index (χ1) is 6.50. The van der Waals surface area contributed by atoms with Crippen molar-refractivity contribution in [2.75, 3.05) is 13.1 Å². The van der Waals surface area contributed by atoms with E-state index in [1.807, 2.05) is 0 Å². The quantitative estimate of drug-likeness (QED) is 0.717. The van der Waals surface area contributed by atoms with Crippen molar-refractivity contribution >= 4 is 11.9 Å². The van der Waals surface area contributed by atoms with Gasteiger partial charge < -0.3 is 10.0 Å². The molecule has 1 fully saturated rings. The van der Waals surface area contributed by atoms with Gasteiger partial charge in [0, 0.05) is 12.5 Å². The number of rotatable bonds is 5. The van der Waals surface area contributed by atoms with Gasteiger partial charge in [-0.15, -0.1) is 0 Å². The van der Waals surface area contributed by atoms with Crippen molar-refractivity contribution in [1.82, 2.24) is 4.90 Å². The molecule has 0 unspecified atom stereocenters. The van der Waals surface area contributed by atoms with E-state index in [2.05, 4.69) is 0 Å². The Morgan fingerprint density at radius 3 is 2.36 bits per heavy atom. The number of amides is 1. The highest BCUT2D eigenvalue weighted by Crippen LogP contribution is 2.29. The monoisotopic (exact) mass is 199 g/mol. The van der Waals surface area contributed by atoms with Gasteiger partial charge in [0.2, 0.25) is 5.91 Å². The van der Waals surface area contributed by atoms with Crippen LogP contribution in [0.25, 0.3) is 0 Å². The molecule has 14 heavy (non-hydrogen) atoms. The summed E-state index contributed by atoms with van der Waals surface area (Å²) in [6, 6.07) is 0. The van der Waals surface area contributed by atoms with E-state index in [0.29, 0.717) is 12.5 Å². The van der Waals surface area contributed by atoms with Crippen LogP contribution in [0.15, 0.2) is 0 Å². The van der Waals surface area contributed by atoms with E-state index in [1.54, 1.807) is 13.8 Å². The van der Waals surface area contributed by atoms with Gasteiger partial charge in [-0.05, 0) is 18.8 Å². The van der Waals surface area contributed by atoms with E-state index in [-0.39, 0.29) is 18.4 Å². The van der Waals surface area contributed by atoms with Crippen molar-refractivity contribution < 1.29 is 14.7 Å². The lowest BCUT2D eigenvalue weighted by atomic mass is 10.2. The van der Waals surface area contributed by atoms with Crippen LogP contribution in [0.4, 0.5) is 0 Å². The zero-order chi connectivity index (χ0) is 10.7. The number of carbonyl (C=O) groups is 2. The Balaban J connectivity index is 2.49. The average molecular weight is 199 g/mol. The molecule has 0 aromatic carbocycles. The van der Waals surface area contributed by atoms with Crippen molar-refractivity contribution in [3.8, 4) is 0 Å². The molecule has 4 nitrogen and oxygen atoms in total. The molecule has 0 aliphatic heterocycles. The third-order valence-electron chi connectivity index (χ3n) is 2.31.